The van der Waals surface area contributed by atoms with E-state index in [1.807, 2.05) is 36.4 Å². The quantitative estimate of drug-likeness (QED) is 0.753. The van der Waals surface area contributed by atoms with Gasteiger partial charge in [-0.25, -0.2) is 9.48 Å². The number of rotatable bonds is 3. The minimum absolute atomic E-state index is 0.129. The van der Waals surface area contributed by atoms with E-state index in [0.29, 0.717) is 11.5 Å². The largest absolute Gasteiger partial charge is 0.324 e. The lowest BCUT2D eigenvalue weighted by Gasteiger charge is -2.14. The summed E-state index contributed by atoms with van der Waals surface area (Å²) in [6, 6.07) is 14.8. The number of benzene rings is 1. The van der Waals surface area contributed by atoms with Gasteiger partial charge in [-0.05, 0) is 24.3 Å². The summed E-state index contributed by atoms with van der Waals surface area (Å²) in [4.78, 5) is 16.3. The summed E-state index contributed by atoms with van der Waals surface area (Å²) in [5.41, 5.74) is 2.28. The predicted molar refractivity (Wildman–Crippen MR) is 99.1 cm³/mol. The maximum Gasteiger partial charge on any atom is 0.324 e. The van der Waals surface area contributed by atoms with Crippen molar-refractivity contribution in [3.63, 3.8) is 0 Å². The van der Waals surface area contributed by atoms with Crippen LogP contribution in [0.4, 0.5) is 16.3 Å². The molecule has 0 unspecified atom stereocenters. The van der Waals surface area contributed by atoms with Crippen molar-refractivity contribution in [3.05, 3.63) is 66.6 Å². The van der Waals surface area contributed by atoms with Crippen molar-refractivity contribution in [2.75, 3.05) is 10.6 Å². The minimum Gasteiger partial charge on any atom is -0.306 e. The molecule has 0 radical (unpaired) electrons. The third kappa shape index (κ3) is 4.03. The van der Waals surface area contributed by atoms with E-state index in [4.69, 9.17) is 0 Å². The van der Waals surface area contributed by atoms with Gasteiger partial charge in [-0.2, -0.15) is 5.10 Å². The van der Waals surface area contributed by atoms with Gasteiger partial charge in [0, 0.05) is 17.7 Å². The van der Waals surface area contributed by atoms with Crippen molar-refractivity contribution in [1.29, 1.82) is 0 Å². The maximum absolute atomic E-state index is 12.3. The van der Waals surface area contributed by atoms with Gasteiger partial charge >= 0.3 is 6.03 Å². The van der Waals surface area contributed by atoms with Crippen LogP contribution in [0.15, 0.2) is 60.9 Å². The second-order valence-corrected chi connectivity index (χ2v) is 6.73. The Kier molecular flexibility index (Phi) is 4.52. The van der Waals surface area contributed by atoms with Crippen LogP contribution in [0, 0.1) is 0 Å². The molecule has 2 amide bonds. The molecule has 0 saturated carbocycles. The number of pyridine rings is 1. The molecule has 2 heterocycles. The second-order valence-electron chi connectivity index (χ2n) is 6.73. The maximum atomic E-state index is 12.3. The number of anilines is 2. The first-order valence-electron chi connectivity index (χ1n) is 8.07. The Bertz CT molecular complexity index is 851. The lowest BCUT2D eigenvalue weighted by molar-refractivity contribution is 0.262. The van der Waals surface area contributed by atoms with Crippen molar-refractivity contribution in [2.45, 2.75) is 26.2 Å². The van der Waals surface area contributed by atoms with Crippen LogP contribution in [0.25, 0.3) is 5.69 Å². The van der Waals surface area contributed by atoms with E-state index < -0.39 is 0 Å². The Hall–Kier alpha value is -3.15. The van der Waals surface area contributed by atoms with Crippen LogP contribution in [0.1, 0.15) is 26.5 Å². The summed E-state index contributed by atoms with van der Waals surface area (Å²) in [6.45, 7) is 6.26. The van der Waals surface area contributed by atoms with Crippen LogP contribution in [-0.2, 0) is 5.41 Å². The molecule has 0 spiro atoms. The Morgan fingerprint density at radius 1 is 1.04 bits per heavy atom. The molecule has 0 atom stereocenters. The third-order valence-electron chi connectivity index (χ3n) is 3.64. The molecule has 3 aromatic rings. The van der Waals surface area contributed by atoms with Gasteiger partial charge < -0.3 is 5.32 Å². The Morgan fingerprint density at radius 3 is 2.44 bits per heavy atom. The third-order valence-corrected chi connectivity index (χ3v) is 3.64. The zero-order valence-corrected chi connectivity index (χ0v) is 14.5. The smallest absolute Gasteiger partial charge is 0.306 e. The Labute approximate surface area is 146 Å². The fourth-order valence-corrected chi connectivity index (χ4v) is 2.32. The monoisotopic (exact) mass is 335 g/mol. The molecular formula is C19H21N5O. The average Bonchev–Trinajstić information content (AvgIpc) is 3.00. The highest BCUT2D eigenvalue weighted by Crippen LogP contribution is 2.26. The van der Waals surface area contributed by atoms with Gasteiger partial charge in [0.2, 0.25) is 0 Å². The summed E-state index contributed by atoms with van der Waals surface area (Å²) < 4.78 is 1.74. The number of hydrogen-bond donors (Lipinski definition) is 2. The lowest BCUT2D eigenvalue weighted by atomic mass is 9.92. The molecule has 0 bridgehead atoms. The fraction of sp³-hybridized carbons (Fsp3) is 0.211. The Balaban J connectivity index is 1.89. The standard InChI is InChI=1S/C19H21N5O/c1-19(2,3)16-12-17(24(23-16)15-9-5-4-6-10-15)22-18(25)21-14-8-7-11-20-13-14/h4-13H,1-3H3,(H2,21,22,25). The predicted octanol–water partition coefficient (Wildman–Crippen LogP) is 4.21. The van der Waals surface area contributed by atoms with E-state index in [0.717, 1.165) is 11.4 Å². The van der Waals surface area contributed by atoms with Crippen molar-refractivity contribution in [3.8, 4) is 5.69 Å². The number of amides is 2. The molecule has 128 valence electrons. The fourth-order valence-electron chi connectivity index (χ4n) is 2.32. The highest BCUT2D eigenvalue weighted by molar-refractivity contribution is 5.99. The van der Waals surface area contributed by atoms with Crippen LogP contribution in [0.3, 0.4) is 0 Å². The molecule has 0 saturated heterocycles. The van der Waals surface area contributed by atoms with Gasteiger partial charge in [-0.1, -0.05) is 39.0 Å². The first-order valence-corrected chi connectivity index (χ1v) is 8.07. The van der Waals surface area contributed by atoms with Crippen LogP contribution >= 0.6 is 0 Å². The van der Waals surface area contributed by atoms with Crippen molar-refractivity contribution < 1.29 is 4.79 Å². The first kappa shape index (κ1) is 16.7. The van der Waals surface area contributed by atoms with E-state index in [1.54, 1.807) is 29.2 Å². The number of para-hydroxylation sites is 1. The van der Waals surface area contributed by atoms with Crippen molar-refractivity contribution >= 4 is 17.5 Å². The summed E-state index contributed by atoms with van der Waals surface area (Å²) in [6.07, 6.45) is 3.25. The minimum atomic E-state index is -0.342. The van der Waals surface area contributed by atoms with Crippen LogP contribution in [-0.4, -0.2) is 20.8 Å². The molecule has 1 aromatic carbocycles. The average molecular weight is 335 g/mol. The van der Waals surface area contributed by atoms with Crippen LogP contribution < -0.4 is 10.6 Å². The van der Waals surface area contributed by atoms with Crippen LogP contribution in [0.2, 0.25) is 0 Å². The number of carbonyl (C=O) groups excluding carboxylic acids is 1. The van der Waals surface area contributed by atoms with E-state index in [9.17, 15) is 4.79 Å². The van der Waals surface area contributed by atoms with Crippen molar-refractivity contribution in [1.82, 2.24) is 14.8 Å². The first-order chi connectivity index (χ1) is 11.9. The van der Waals surface area contributed by atoms with Gasteiger partial charge in [0.15, 0.2) is 0 Å². The van der Waals surface area contributed by atoms with Gasteiger partial charge in [-0.15, -0.1) is 0 Å². The molecule has 25 heavy (non-hydrogen) atoms. The summed E-state index contributed by atoms with van der Waals surface area (Å²) in [5, 5.41) is 10.3. The molecule has 3 rings (SSSR count). The molecule has 2 N–H and O–H groups in total. The van der Waals surface area contributed by atoms with E-state index in [2.05, 4.69) is 41.5 Å². The van der Waals surface area contributed by atoms with Gasteiger partial charge in [0.1, 0.15) is 5.82 Å². The van der Waals surface area contributed by atoms with Gasteiger partial charge in [-0.3, -0.25) is 10.3 Å². The van der Waals surface area contributed by atoms with E-state index in [-0.39, 0.29) is 11.4 Å². The summed E-state index contributed by atoms with van der Waals surface area (Å²) >= 11 is 0. The summed E-state index contributed by atoms with van der Waals surface area (Å²) in [7, 11) is 0. The number of hydrogen-bond acceptors (Lipinski definition) is 3. The Morgan fingerprint density at radius 2 is 1.80 bits per heavy atom. The molecule has 0 aliphatic heterocycles. The van der Waals surface area contributed by atoms with Gasteiger partial charge in [0.05, 0.1) is 23.3 Å². The molecule has 0 aliphatic rings. The SMILES string of the molecule is CC(C)(C)c1cc(NC(=O)Nc2cccnc2)n(-c2ccccc2)n1. The number of nitrogens with one attached hydrogen (secondary N) is 2. The lowest BCUT2D eigenvalue weighted by Crippen LogP contribution is -2.21. The zero-order chi connectivity index (χ0) is 17.9. The second kappa shape index (κ2) is 6.76. The zero-order valence-electron chi connectivity index (χ0n) is 14.5. The number of carbonyl (C=O) groups is 1. The number of urea groups is 1. The molecule has 6 heteroatoms. The van der Waals surface area contributed by atoms with Crippen LogP contribution in [0.5, 0.6) is 0 Å². The van der Waals surface area contributed by atoms with Gasteiger partial charge in [0.25, 0.3) is 0 Å². The molecule has 0 fully saturated rings. The number of aromatic nitrogens is 3. The molecule has 0 aliphatic carbocycles. The normalized spacial score (nSPS) is 11.2. The van der Waals surface area contributed by atoms with E-state index >= 15 is 0 Å². The summed E-state index contributed by atoms with van der Waals surface area (Å²) in [5.74, 6) is 0.609. The van der Waals surface area contributed by atoms with Crippen molar-refractivity contribution in [2.24, 2.45) is 0 Å². The molecule has 6 nitrogen and oxygen atoms in total. The molecular weight excluding hydrogens is 314 g/mol. The number of nitrogens with zero attached hydrogens (tertiary/aromatic N) is 3. The highest BCUT2D eigenvalue weighted by Gasteiger charge is 2.21. The molecule has 2 aromatic heterocycles. The topological polar surface area (TPSA) is 71.8 Å². The highest BCUT2D eigenvalue weighted by atomic mass is 16.2. The van der Waals surface area contributed by atoms with E-state index in [1.165, 1.54) is 0 Å².